The highest BCUT2D eigenvalue weighted by molar-refractivity contribution is 7.11. The summed E-state index contributed by atoms with van der Waals surface area (Å²) < 4.78 is 0. The zero-order valence-corrected chi connectivity index (χ0v) is 12.8. The van der Waals surface area contributed by atoms with Gasteiger partial charge < -0.3 is 5.73 Å². The molecule has 1 aliphatic heterocycles. The molecule has 3 nitrogen and oxygen atoms in total. The van der Waals surface area contributed by atoms with Crippen molar-refractivity contribution in [1.82, 2.24) is 9.88 Å². The molecule has 4 heteroatoms. The Balaban J connectivity index is 2.21. The first-order chi connectivity index (χ1) is 8.54. The van der Waals surface area contributed by atoms with E-state index in [-0.39, 0.29) is 0 Å². The van der Waals surface area contributed by atoms with Crippen molar-refractivity contribution in [2.75, 3.05) is 13.1 Å². The molecule has 1 aliphatic rings. The first-order valence-corrected chi connectivity index (χ1v) is 7.76. The van der Waals surface area contributed by atoms with Gasteiger partial charge in [0.05, 0.1) is 16.7 Å². The number of nitrogens with two attached hydrogens (primary N) is 1. The van der Waals surface area contributed by atoms with E-state index in [2.05, 4.69) is 32.6 Å². The average Bonchev–Trinajstić information content (AvgIpc) is 2.67. The number of nitrogens with zero attached hydrogens (tertiary/aromatic N) is 2. The largest absolute Gasteiger partial charge is 0.329 e. The summed E-state index contributed by atoms with van der Waals surface area (Å²) in [5.74, 6) is 0.700. The van der Waals surface area contributed by atoms with Gasteiger partial charge in [0.25, 0.3) is 0 Å². The van der Waals surface area contributed by atoms with Crippen molar-refractivity contribution in [3.05, 3.63) is 15.6 Å². The lowest BCUT2D eigenvalue weighted by Crippen LogP contribution is -2.49. The van der Waals surface area contributed by atoms with Crippen molar-refractivity contribution in [3.8, 4) is 0 Å². The number of aryl methyl sites for hydroxylation is 2. The SMILES string of the molecule is Cc1nc(C(C)N2CCCC(C)C2CN)c(C)s1. The maximum atomic E-state index is 5.98. The van der Waals surface area contributed by atoms with Gasteiger partial charge >= 0.3 is 0 Å². The molecule has 0 bridgehead atoms. The van der Waals surface area contributed by atoms with Crippen LogP contribution < -0.4 is 5.73 Å². The van der Waals surface area contributed by atoms with Crippen LogP contribution >= 0.6 is 11.3 Å². The number of rotatable bonds is 3. The molecule has 3 atom stereocenters. The fourth-order valence-electron chi connectivity index (χ4n) is 3.22. The van der Waals surface area contributed by atoms with Crippen LogP contribution in [-0.2, 0) is 0 Å². The second kappa shape index (κ2) is 5.68. The van der Waals surface area contributed by atoms with Gasteiger partial charge in [-0.25, -0.2) is 4.98 Å². The molecule has 0 aromatic carbocycles. The van der Waals surface area contributed by atoms with Gasteiger partial charge in [0.2, 0.25) is 0 Å². The number of aromatic nitrogens is 1. The zero-order chi connectivity index (χ0) is 13.3. The highest BCUT2D eigenvalue weighted by atomic mass is 32.1. The monoisotopic (exact) mass is 267 g/mol. The maximum absolute atomic E-state index is 5.98. The van der Waals surface area contributed by atoms with Crippen LogP contribution in [-0.4, -0.2) is 29.0 Å². The first-order valence-electron chi connectivity index (χ1n) is 6.94. The summed E-state index contributed by atoms with van der Waals surface area (Å²) in [5, 5.41) is 1.17. The minimum atomic E-state index is 0.395. The minimum Gasteiger partial charge on any atom is -0.329 e. The van der Waals surface area contributed by atoms with Gasteiger partial charge in [0.1, 0.15) is 0 Å². The second-order valence-electron chi connectivity index (χ2n) is 5.51. The Bertz CT molecular complexity index is 402. The van der Waals surface area contributed by atoms with E-state index >= 15 is 0 Å². The smallest absolute Gasteiger partial charge is 0.0900 e. The van der Waals surface area contributed by atoms with E-state index in [0.29, 0.717) is 18.0 Å². The predicted octanol–water partition coefficient (Wildman–Crippen LogP) is 2.88. The van der Waals surface area contributed by atoms with E-state index in [1.165, 1.54) is 28.4 Å². The summed E-state index contributed by atoms with van der Waals surface area (Å²) in [6.45, 7) is 10.8. The molecule has 1 fully saturated rings. The van der Waals surface area contributed by atoms with Gasteiger partial charge in [-0.2, -0.15) is 0 Å². The van der Waals surface area contributed by atoms with Crippen LogP contribution in [0.15, 0.2) is 0 Å². The molecule has 18 heavy (non-hydrogen) atoms. The van der Waals surface area contributed by atoms with Crippen molar-refractivity contribution >= 4 is 11.3 Å². The molecule has 1 saturated heterocycles. The normalized spacial score (nSPS) is 27.4. The minimum absolute atomic E-state index is 0.395. The van der Waals surface area contributed by atoms with Crippen LogP contribution in [0.1, 0.15) is 48.3 Å². The fourth-order valence-corrected chi connectivity index (χ4v) is 4.13. The number of thiazole rings is 1. The number of hydrogen-bond donors (Lipinski definition) is 1. The number of likely N-dealkylation sites (tertiary alicyclic amines) is 1. The van der Waals surface area contributed by atoms with Crippen molar-refractivity contribution in [1.29, 1.82) is 0 Å². The summed E-state index contributed by atoms with van der Waals surface area (Å²) in [7, 11) is 0. The van der Waals surface area contributed by atoms with Crippen LogP contribution in [0.25, 0.3) is 0 Å². The average molecular weight is 267 g/mol. The molecule has 0 radical (unpaired) electrons. The highest BCUT2D eigenvalue weighted by Crippen LogP contribution is 2.33. The first kappa shape index (κ1) is 14.0. The van der Waals surface area contributed by atoms with Crippen molar-refractivity contribution in [2.24, 2.45) is 11.7 Å². The van der Waals surface area contributed by atoms with Gasteiger partial charge in [-0.05, 0) is 46.1 Å². The van der Waals surface area contributed by atoms with Gasteiger partial charge in [-0.15, -0.1) is 11.3 Å². The lowest BCUT2D eigenvalue weighted by molar-refractivity contribution is 0.0672. The maximum Gasteiger partial charge on any atom is 0.0900 e. The number of hydrogen-bond acceptors (Lipinski definition) is 4. The molecule has 0 aliphatic carbocycles. The number of piperidine rings is 1. The Labute approximate surface area is 114 Å². The topological polar surface area (TPSA) is 42.2 Å². The molecule has 3 unspecified atom stereocenters. The third kappa shape index (κ3) is 2.60. The molecular weight excluding hydrogens is 242 g/mol. The molecular formula is C14H25N3S. The molecule has 0 saturated carbocycles. The van der Waals surface area contributed by atoms with Crippen LogP contribution in [0, 0.1) is 19.8 Å². The van der Waals surface area contributed by atoms with Crippen molar-refractivity contribution in [3.63, 3.8) is 0 Å². The van der Waals surface area contributed by atoms with Crippen LogP contribution in [0.5, 0.6) is 0 Å². The summed E-state index contributed by atoms with van der Waals surface area (Å²) in [6.07, 6.45) is 2.59. The summed E-state index contributed by atoms with van der Waals surface area (Å²) in [6, 6.07) is 0.904. The Hall–Kier alpha value is -0.450. The highest BCUT2D eigenvalue weighted by Gasteiger charge is 2.32. The van der Waals surface area contributed by atoms with Gasteiger partial charge in [0.15, 0.2) is 0 Å². The summed E-state index contributed by atoms with van der Waals surface area (Å²) in [4.78, 5) is 8.64. The van der Waals surface area contributed by atoms with E-state index < -0.39 is 0 Å². The molecule has 1 aromatic heterocycles. The van der Waals surface area contributed by atoms with E-state index in [9.17, 15) is 0 Å². The molecule has 2 heterocycles. The summed E-state index contributed by atoms with van der Waals surface area (Å²) in [5.41, 5.74) is 7.24. The Kier molecular flexibility index (Phi) is 4.41. The lowest BCUT2D eigenvalue weighted by Gasteiger charge is -2.42. The zero-order valence-electron chi connectivity index (χ0n) is 11.9. The van der Waals surface area contributed by atoms with Crippen LogP contribution in [0.3, 0.4) is 0 Å². The Morgan fingerprint density at radius 1 is 1.50 bits per heavy atom. The molecule has 2 rings (SSSR count). The van der Waals surface area contributed by atoms with Gasteiger partial charge in [-0.3, -0.25) is 4.90 Å². The third-order valence-electron chi connectivity index (χ3n) is 4.23. The Morgan fingerprint density at radius 3 is 2.78 bits per heavy atom. The van der Waals surface area contributed by atoms with Gasteiger partial charge in [-0.1, -0.05) is 6.92 Å². The molecule has 1 aromatic rings. The van der Waals surface area contributed by atoms with Gasteiger partial charge in [0, 0.05) is 17.5 Å². The van der Waals surface area contributed by atoms with Crippen molar-refractivity contribution < 1.29 is 0 Å². The van der Waals surface area contributed by atoms with Crippen LogP contribution in [0.4, 0.5) is 0 Å². The van der Waals surface area contributed by atoms with Crippen molar-refractivity contribution in [2.45, 2.75) is 52.6 Å². The Morgan fingerprint density at radius 2 is 2.22 bits per heavy atom. The molecule has 0 amide bonds. The molecule has 0 spiro atoms. The van der Waals surface area contributed by atoms with E-state index in [1.807, 2.05) is 0 Å². The molecule has 2 N–H and O–H groups in total. The summed E-state index contributed by atoms with van der Waals surface area (Å²) >= 11 is 1.80. The lowest BCUT2D eigenvalue weighted by atomic mass is 9.89. The second-order valence-corrected chi connectivity index (χ2v) is 6.92. The quantitative estimate of drug-likeness (QED) is 0.915. The van der Waals surface area contributed by atoms with E-state index in [4.69, 9.17) is 10.7 Å². The van der Waals surface area contributed by atoms with Crippen LogP contribution in [0.2, 0.25) is 0 Å². The van der Waals surface area contributed by atoms with E-state index in [0.717, 1.165) is 13.1 Å². The third-order valence-corrected chi connectivity index (χ3v) is 5.13. The fraction of sp³-hybridized carbons (Fsp3) is 0.786. The predicted molar refractivity (Wildman–Crippen MR) is 77.9 cm³/mol. The standard InChI is InChI=1S/C14H25N3S/c1-9-6-5-7-17(13(9)8-15)10(2)14-11(3)18-12(4)16-14/h9-10,13H,5-8,15H2,1-4H3. The molecule has 102 valence electrons. The van der Waals surface area contributed by atoms with E-state index in [1.54, 1.807) is 11.3 Å².